The minimum absolute atomic E-state index is 0.0777. The zero-order valence-electron chi connectivity index (χ0n) is 22.7. The molecule has 0 aromatic rings. The number of carbonyl (C=O) groups excluding carboxylic acids is 1. The Balaban J connectivity index is 4.04. The molecule has 0 rings (SSSR count). The van der Waals surface area contributed by atoms with Crippen LogP contribution in [0.2, 0.25) is 0 Å². The van der Waals surface area contributed by atoms with E-state index in [2.05, 4.69) is 27.7 Å². The first kappa shape index (κ1) is 33.1. The monoisotopic (exact) mass is 490 g/mol. The fraction of sp³-hybridized carbons (Fsp3) is 0.963. The molecular weight excluding hydrogens is 436 g/mol. The van der Waals surface area contributed by atoms with Gasteiger partial charge in [0.05, 0.1) is 51.8 Å². The van der Waals surface area contributed by atoms with Crippen LogP contribution in [0.5, 0.6) is 0 Å². The Labute approximate surface area is 209 Å². The quantitative estimate of drug-likeness (QED) is 0.0986. The van der Waals surface area contributed by atoms with Crippen molar-refractivity contribution in [3.05, 3.63) is 0 Å². The first-order chi connectivity index (χ1) is 16.7. The minimum atomic E-state index is -0.616. The first-order valence-corrected chi connectivity index (χ1v) is 13.9. The van der Waals surface area contributed by atoms with Crippen molar-refractivity contribution in [2.24, 2.45) is 0 Å². The number of rotatable bonds is 26. The van der Waals surface area contributed by atoms with Gasteiger partial charge in [-0.2, -0.15) is 0 Å². The summed E-state index contributed by atoms with van der Waals surface area (Å²) in [6.45, 7) is 13.2. The number of unbranched alkanes of at least 4 members (excludes halogenated alkanes) is 4. The van der Waals surface area contributed by atoms with Crippen LogP contribution in [-0.2, 0) is 28.4 Å². The standard InChI is InChI=1S/C27H54O7/c1-5-9-13-25(31-23-21-29-17-11-7-3)15-19-33-27(28)34-20-16-26(14-10-6-2)32-24-22-30-18-12-8-4/h25-26H,5-24H2,1-4H3. The maximum Gasteiger partial charge on any atom is 0.508 e. The highest BCUT2D eigenvalue weighted by atomic mass is 16.7. The van der Waals surface area contributed by atoms with Gasteiger partial charge >= 0.3 is 6.16 Å². The maximum absolute atomic E-state index is 12.0. The largest absolute Gasteiger partial charge is 0.508 e. The highest BCUT2D eigenvalue weighted by Crippen LogP contribution is 2.11. The van der Waals surface area contributed by atoms with E-state index in [0.29, 0.717) is 52.5 Å². The third kappa shape index (κ3) is 22.9. The summed E-state index contributed by atoms with van der Waals surface area (Å²) in [5.41, 5.74) is 0. The summed E-state index contributed by atoms with van der Waals surface area (Å²) in [6, 6.07) is 0. The molecule has 0 radical (unpaired) electrons. The predicted molar refractivity (Wildman–Crippen MR) is 137 cm³/mol. The van der Waals surface area contributed by atoms with E-state index in [1.165, 1.54) is 0 Å². The fourth-order valence-electron chi connectivity index (χ4n) is 3.32. The third-order valence-electron chi connectivity index (χ3n) is 5.53. The third-order valence-corrected chi connectivity index (χ3v) is 5.53. The van der Waals surface area contributed by atoms with Crippen LogP contribution in [0.1, 0.15) is 105 Å². The Bertz CT molecular complexity index is 384. The number of hydrogen-bond donors (Lipinski definition) is 0. The van der Waals surface area contributed by atoms with Crippen LogP contribution in [0.4, 0.5) is 4.79 Å². The molecule has 0 aliphatic heterocycles. The van der Waals surface area contributed by atoms with E-state index in [0.717, 1.165) is 77.4 Å². The zero-order valence-corrected chi connectivity index (χ0v) is 22.7. The molecule has 34 heavy (non-hydrogen) atoms. The highest BCUT2D eigenvalue weighted by molar-refractivity contribution is 5.59. The average molecular weight is 491 g/mol. The van der Waals surface area contributed by atoms with Gasteiger partial charge in [-0.1, -0.05) is 66.2 Å². The van der Waals surface area contributed by atoms with Crippen molar-refractivity contribution < 1.29 is 33.2 Å². The van der Waals surface area contributed by atoms with Crippen molar-refractivity contribution in [3.63, 3.8) is 0 Å². The van der Waals surface area contributed by atoms with Crippen molar-refractivity contribution in [1.29, 1.82) is 0 Å². The Kier molecular flexibility index (Phi) is 26.0. The summed E-state index contributed by atoms with van der Waals surface area (Å²) in [7, 11) is 0. The van der Waals surface area contributed by atoms with Crippen molar-refractivity contribution in [2.45, 2.75) is 117 Å². The molecule has 204 valence electrons. The Morgan fingerprint density at radius 2 is 0.912 bits per heavy atom. The number of hydrogen-bond acceptors (Lipinski definition) is 7. The molecule has 0 N–H and O–H groups in total. The molecule has 0 saturated heterocycles. The van der Waals surface area contributed by atoms with Crippen LogP contribution in [0.3, 0.4) is 0 Å². The summed E-state index contributed by atoms with van der Waals surface area (Å²) in [6.07, 6.45) is 11.6. The zero-order chi connectivity index (χ0) is 25.1. The number of carbonyl (C=O) groups is 1. The van der Waals surface area contributed by atoms with E-state index in [1.54, 1.807) is 0 Å². The second kappa shape index (κ2) is 26.7. The van der Waals surface area contributed by atoms with Crippen LogP contribution in [-0.4, -0.2) is 71.2 Å². The Morgan fingerprint density at radius 1 is 0.500 bits per heavy atom. The molecular formula is C27H54O7. The van der Waals surface area contributed by atoms with E-state index in [-0.39, 0.29) is 12.2 Å². The molecule has 2 unspecified atom stereocenters. The lowest BCUT2D eigenvalue weighted by atomic mass is 10.1. The van der Waals surface area contributed by atoms with Gasteiger partial charge in [-0.05, 0) is 25.7 Å². The van der Waals surface area contributed by atoms with Crippen molar-refractivity contribution in [3.8, 4) is 0 Å². The van der Waals surface area contributed by atoms with Gasteiger partial charge in [0.15, 0.2) is 0 Å². The molecule has 0 aromatic heterocycles. The van der Waals surface area contributed by atoms with E-state index in [4.69, 9.17) is 28.4 Å². The van der Waals surface area contributed by atoms with Gasteiger partial charge in [0.1, 0.15) is 0 Å². The van der Waals surface area contributed by atoms with Gasteiger partial charge < -0.3 is 28.4 Å². The molecule has 2 atom stereocenters. The molecule has 0 bridgehead atoms. The Hall–Kier alpha value is -0.890. The lowest BCUT2D eigenvalue weighted by Crippen LogP contribution is -2.22. The minimum Gasteiger partial charge on any atom is -0.434 e. The maximum atomic E-state index is 12.0. The van der Waals surface area contributed by atoms with Crippen LogP contribution in [0.15, 0.2) is 0 Å². The van der Waals surface area contributed by atoms with Crippen LogP contribution in [0.25, 0.3) is 0 Å². The molecule has 7 heteroatoms. The lowest BCUT2D eigenvalue weighted by molar-refractivity contribution is -0.0233. The predicted octanol–water partition coefficient (Wildman–Crippen LogP) is 6.70. The average Bonchev–Trinajstić information content (AvgIpc) is 2.84. The normalized spacial score (nSPS) is 13.1. The molecule has 0 heterocycles. The fourth-order valence-corrected chi connectivity index (χ4v) is 3.32. The van der Waals surface area contributed by atoms with Crippen molar-refractivity contribution in [1.82, 2.24) is 0 Å². The summed E-state index contributed by atoms with van der Waals surface area (Å²) in [5.74, 6) is 0. The van der Waals surface area contributed by atoms with Gasteiger partial charge in [-0.25, -0.2) is 4.79 Å². The second-order valence-electron chi connectivity index (χ2n) is 8.73. The van der Waals surface area contributed by atoms with E-state index in [1.807, 2.05) is 0 Å². The van der Waals surface area contributed by atoms with Crippen LogP contribution >= 0.6 is 0 Å². The molecule has 0 saturated carbocycles. The molecule has 0 fully saturated rings. The van der Waals surface area contributed by atoms with E-state index >= 15 is 0 Å². The smallest absolute Gasteiger partial charge is 0.434 e. The molecule has 0 aliphatic rings. The van der Waals surface area contributed by atoms with Gasteiger partial charge in [0.2, 0.25) is 0 Å². The van der Waals surface area contributed by atoms with Gasteiger partial charge in [-0.15, -0.1) is 0 Å². The van der Waals surface area contributed by atoms with E-state index < -0.39 is 6.16 Å². The summed E-state index contributed by atoms with van der Waals surface area (Å²) in [5, 5.41) is 0. The van der Waals surface area contributed by atoms with E-state index in [9.17, 15) is 4.79 Å². The molecule has 0 amide bonds. The van der Waals surface area contributed by atoms with Crippen LogP contribution < -0.4 is 0 Å². The van der Waals surface area contributed by atoms with Crippen LogP contribution in [0, 0.1) is 0 Å². The topological polar surface area (TPSA) is 72.5 Å². The molecule has 7 nitrogen and oxygen atoms in total. The van der Waals surface area contributed by atoms with Gasteiger partial charge in [0.25, 0.3) is 0 Å². The molecule has 0 aromatic carbocycles. The SMILES string of the molecule is CCCCOCCOC(CCCC)CCOC(=O)OCCC(CCCC)OCCOCCCC. The first-order valence-electron chi connectivity index (χ1n) is 13.9. The van der Waals surface area contributed by atoms with Crippen molar-refractivity contribution >= 4 is 6.16 Å². The van der Waals surface area contributed by atoms with Gasteiger partial charge in [0, 0.05) is 26.1 Å². The molecule has 0 spiro atoms. The second-order valence-corrected chi connectivity index (χ2v) is 8.73. The summed E-state index contributed by atoms with van der Waals surface area (Å²) in [4.78, 5) is 12.0. The summed E-state index contributed by atoms with van der Waals surface area (Å²) < 4.78 is 33.6. The summed E-state index contributed by atoms with van der Waals surface area (Å²) >= 11 is 0. The lowest BCUT2D eigenvalue weighted by Gasteiger charge is -2.19. The highest BCUT2D eigenvalue weighted by Gasteiger charge is 2.13. The van der Waals surface area contributed by atoms with Gasteiger partial charge in [-0.3, -0.25) is 0 Å². The van der Waals surface area contributed by atoms with Crippen molar-refractivity contribution in [2.75, 3.05) is 52.9 Å². The molecule has 0 aliphatic carbocycles. The Morgan fingerprint density at radius 3 is 1.29 bits per heavy atom. The number of ether oxygens (including phenoxy) is 6.